The summed E-state index contributed by atoms with van der Waals surface area (Å²) in [4.78, 5) is 30.7. The van der Waals surface area contributed by atoms with E-state index in [0.29, 0.717) is 5.82 Å². The molecule has 21 heavy (non-hydrogen) atoms. The number of nitro benzene ring substituents is 1. The van der Waals surface area contributed by atoms with Crippen molar-refractivity contribution in [1.82, 2.24) is 14.9 Å². The van der Waals surface area contributed by atoms with Gasteiger partial charge in [-0.3, -0.25) is 14.9 Å². The molecule has 110 valence electrons. The van der Waals surface area contributed by atoms with E-state index in [9.17, 15) is 14.9 Å². The van der Waals surface area contributed by atoms with Gasteiger partial charge in [-0.15, -0.1) is 0 Å². The zero-order valence-electron chi connectivity index (χ0n) is 10.8. The van der Waals surface area contributed by atoms with Crippen molar-refractivity contribution in [2.24, 2.45) is 0 Å². The van der Waals surface area contributed by atoms with Crippen LogP contribution < -0.4 is 0 Å². The number of hydrogen-bond donors (Lipinski definition) is 1. The van der Waals surface area contributed by atoms with Gasteiger partial charge in [0.2, 0.25) is 0 Å². The van der Waals surface area contributed by atoms with Crippen molar-refractivity contribution in [2.45, 2.75) is 6.54 Å². The molecule has 0 radical (unpaired) electrons. The van der Waals surface area contributed by atoms with Crippen molar-refractivity contribution in [3.63, 3.8) is 0 Å². The normalized spacial score (nSPS) is 10.4. The number of carbonyl (C=O) groups is 1. The second-order valence-electron chi connectivity index (χ2n) is 4.25. The van der Waals surface area contributed by atoms with Gasteiger partial charge in [0.1, 0.15) is 10.8 Å². The minimum atomic E-state index is -0.683. The summed E-state index contributed by atoms with van der Waals surface area (Å²) in [5, 5.41) is 10.7. The number of nitro groups is 1. The largest absolute Gasteiger partial charge is 0.347 e. The maximum absolute atomic E-state index is 12.3. The Morgan fingerprint density at radius 2 is 2.19 bits per heavy atom. The van der Waals surface area contributed by atoms with Crippen molar-refractivity contribution in [1.29, 1.82) is 0 Å². The molecule has 1 heterocycles. The van der Waals surface area contributed by atoms with Crippen LogP contribution in [-0.2, 0) is 6.54 Å². The fourth-order valence-electron chi connectivity index (χ4n) is 1.73. The van der Waals surface area contributed by atoms with E-state index in [0.717, 1.165) is 6.07 Å². The highest BCUT2D eigenvalue weighted by Gasteiger charge is 2.22. The molecule has 0 atom stereocenters. The van der Waals surface area contributed by atoms with Gasteiger partial charge in [-0.25, -0.2) is 4.98 Å². The number of amides is 1. The number of hydrogen-bond acceptors (Lipinski definition) is 4. The number of halogens is 2. The van der Waals surface area contributed by atoms with Crippen molar-refractivity contribution in [3.05, 3.63) is 56.1 Å². The topological polar surface area (TPSA) is 92.1 Å². The molecule has 0 unspecified atom stereocenters. The lowest BCUT2D eigenvalue weighted by molar-refractivity contribution is -0.384. The summed E-state index contributed by atoms with van der Waals surface area (Å²) in [6.07, 6.45) is 3.20. The molecule has 1 N–H and O–H groups in total. The van der Waals surface area contributed by atoms with Crippen LogP contribution in [0.4, 0.5) is 5.69 Å². The van der Waals surface area contributed by atoms with E-state index >= 15 is 0 Å². The van der Waals surface area contributed by atoms with Crippen LogP contribution in [0.25, 0.3) is 0 Å². The van der Waals surface area contributed by atoms with Crippen molar-refractivity contribution < 1.29 is 9.72 Å². The van der Waals surface area contributed by atoms with Crippen LogP contribution in [-0.4, -0.2) is 32.7 Å². The number of carbonyl (C=O) groups excluding carboxylic acids is 1. The third kappa shape index (κ3) is 3.32. The predicted molar refractivity (Wildman–Crippen MR) is 77.5 cm³/mol. The molecule has 7 nitrogen and oxygen atoms in total. The minimum Gasteiger partial charge on any atom is -0.347 e. The van der Waals surface area contributed by atoms with Gasteiger partial charge in [-0.05, 0) is 6.07 Å². The van der Waals surface area contributed by atoms with Crippen LogP contribution in [0.2, 0.25) is 10.0 Å². The summed E-state index contributed by atoms with van der Waals surface area (Å²) >= 11 is 11.6. The van der Waals surface area contributed by atoms with Crippen LogP contribution in [0.5, 0.6) is 0 Å². The van der Waals surface area contributed by atoms with Gasteiger partial charge in [0.25, 0.3) is 11.6 Å². The predicted octanol–water partition coefficient (Wildman–Crippen LogP) is 2.90. The molecule has 0 aliphatic rings. The number of H-pyrrole nitrogens is 1. The SMILES string of the molecule is CN(Cc1ncc[nH]1)C(=O)c1cc(Cl)c(Cl)c([N+](=O)[O-])c1. The Bertz CT molecular complexity index is 688. The number of aromatic amines is 1. The average Bonchev–Trinajstić information content (AvgIpc) is 2.93. The first-order chi connectivity index (χ1) is 9.90. The smallest absolute Gasteiger partial charge is 0.290 e. The lowest BCUT2D eigenvalue weighted by Gasteiger charge is -2.16. The maximum Gasteiger partial charge on any atom is 0.290 e. The van der Waals surface area contributed by atoms with Crippen LogP contribution in [0.15, 0.2) is 24.5 Å². The first-order valence-electron chi connectivity index (χ1n) is 5.77. The zero-order chi connectivity index (χ0) is 15.6. The molecule has 1 aromatic heterocycles. The van der Waals surface area contributed by atoms with E-state index in [2.05, 4.69) is 9.97 Å². The summed E-state index contributed by atoms with van der Waals surface area (Å²) < 4.78 is 0. The van der Waals surface area contributed by atoms with Crippen LogP contribution in [0.1, 0.15) is 16.2 Å². The van der Waals surface area contributed by atoms with E-state index in [1.165, 1.54) is 11.0 Å². The summed E-state index contributed by atoms with van der Waals surface area (Å²) in [7, 11) is 1.55. The Hall–Kier alpha value is -2.12. The van der Waals surface area contributed by atoms with Gasteiger partial charge in [0.05, 0.1) is 16.5 Å². The number of rotatable bonds is 4. The highest BCUT2D eigenvalue weighted by molar-refractivity contribution is 6.43. The molecule has 0 aliphatic carbocycles. The zero-order valence-corrected chi connectivity index (χ0v) is 12.4. The number of benzene rings is 1. The van der Waals surface area contributed by atoms with Gasteiger partial charge in [-0.2, -0.15) is 0 Å². The summed E-state index contributed by atoms with van der Waals surface area (Å²) in [5.41, 5.74) is -0.316. The molecule has 0 saturated carbocycles. The lowest BCUT2D eigenvalue weighted by atomic mass is 10.1. The number of nitrogens with zero attached hydrogens (tertiary/aromatic N) is 3. The molecule has 9 heteroatoms. The summed E-state index contributed by atoms with van der Waals surface area (Å²) in [6.45, 7) is 0.236. The highest BCUT2D eigenvalue weighted by Crippen LogP contribution is 2.33. The Balaban J connectivity index is 2.28. The minimum absolute atomic E-state index is 0.0411. The summed E-state index contributed by atoms with van der Waals surface area (Å²) in [6, 6.07) is 2.41. The van der Waals surface area contributed by atoms with Gasteiger partial charge in [-0.1, -0.05) is 23.2 Å². The Morgan fingerprint density at radius 3 is 2.76 bits per heavy atom. The molecule has 0 spiro atoms. The monoisotopic (exact) mass is 328 g/mol. The van der Waals surface area contributed by atoms with E-state index < -0.39 is 16.5 Å². The Kier molecular flexibility index (Phi) is 4.44. The number of imidazole rings is 1. The molecule has 2 aromatic rings. The molecule has 0 aliphatic heterocycles. The van der Waals surface area contributed by atoms with Crippen molar-refractivity contribution in [3.8, 4) is 0 Å². The summed E-state index contributed by atoms with van der Waals surface area (Å²) in [5.74, 6) is 0.175. The van der Waals surface area contributed by atoms with Crippen LogP contribution in [0.3, 0.4) is 0 Å². The second kappa shape index (κ2) is 6.11. The third-order valence-electron chi connectivity index (χ3n) is 2.74. The Labute approximate surface area is 129 Å². The third-order valence-corrected chi connectivity index (χ3v) is 3.53. The quantitative estimate of drug-likeness (QED) is 0.689. The van der Waals surface area contributed by atoms with E-state index in [4.69, 9.17) is 23.2 Å². The lowest BCUT2D eigenvalue weighted by Crippen LogP contribution is -2.26. The average molecular weight is 329 g/mol. The highest BCUT2D eigenvalue weighted by atomic mass is 35.5. The van der Waals surface area contributed by atoms with Crippen molar-refractivity contribution in [2.75, 3.05) is 7.05 Å². The maximum atomic E-state index is 12.3. The molecule has 0 bridgehead atoms. The molecular weight excluding hydrogens is 319 g/mol. The fraction of sp³-hybridized carbons (Fsp3) is 0.167. The van der Waals surface area contributed by atoms with Crippen LogP contribution in [0, 0.1) is 10.1 Å². The first-order valence-corrected chi connectivity index (χ1v) is 6.53. The molecule has 0 saturated heterocycles. The van der Waals surface area contributed by atoms with Gasteiger partial charge in [0, 0.05) is 31.1 Å². The van der Waals surface area contributed by atoms with Crippen molar-refractivity contribution >= 4 is 34.8 Å². The van der Waals surface area contributed by atoms with Gasteiger partial charge < -0.3 is 9.88 Å². The first kappa shape index (κ1) is 15.3. The fourth-order valence-corrected chi connectivity index (χ4v) is 2.12. The van der Waals surface area contributed by atoms with E-state index in [-0.39, 0.29) is 22.2 Å². The molecule has 0 fully saturated rings. The van der Waals surface area contributed by atoms with Gasteiger partial charge in [0.15, 0.2) is 0 Å². The number of aromatic nitrogens is 2. The van der Waals surface area contributed by atoms with E-state index in [1.54, 1.807) is 19.4 Å². The van der Waals surface area contributed by atoms with Gasteiger partial charge >= 0.3 is 0 Å². The molecular formula is C12H10Cl2N4O3. The molecule has 1 aromatic carbocycles. The van der Waals surface area contributed by atoms with Crippen LogP contribution >= 0.6 is 23.2 Å². The van der Waals surface area contributed by atoms with E-state index in [1.807, 2.05) is 0 Å². The molecule has 1 amide bonds. The standard InChI is InChI=1S/C12H10Cl2N4O3/c1-17(6-10-15-2-3-16-10)12(19)7-4-8(13)11(14)9(5-7)18(20)21/h2-5H,6H2,1H3,(H,15,16). The molecule has 2 rings (SSSR count). The number of nitrogens with one attached hydrogen (secondary N) is 1. The Morgan fingerprint density at radius 1 is 1.48 bits per heavy atom. The second-order valence-corrected chi connectivity index (χ2v) is 5.03.